The highest BCUT2D eigenvalue weighted by molar-refractivity contribution is 8.00. The number of rotatable bonds is 5. The Morgan fingerprint density at radius 2 is 2.17 bits per heavy atom. The van der Waals surface area contributed by atoms with Crippen LogP contribution in [0.5, 0.6) is 5.75 Å². The van der Waals surface area contributed by atoms with Gasteiger partial charge in [-0.3, -0.25) is 9.69 Å². The molecule has 2 atom stereocenters. The second-order valence-corrected chi connectivity index (χ2v) is 6.54. The lowest BCUT2D eigenvalue weighted by atomic mass is 10.0. The standard InChI is InChI=1S/C17H18N2O4S/c1-3-11-9-24-16-13(18)15(20)19(16)14(11)17(21)23-8-10-4-6-12(22-2)7-5-10/h3-7,13,16H,1,8-9,18H2,2H3. The number of carbonyl (C=O) groups excluding carboxylic acids is 2. The fourth-order valence-electron chi connectivity index (χ4n) is 2.62. The number of nitrogens with two attached hydrogens (primary N) is 1. The molecule has 2 aliphatic heterocycles. The Morgan fingerprint density at radius 3 is 2.79 bits per heavy atom. The fourth-order valence-corrected chi connectivity index (χ4v) is 3.91. The molecule has 24 heavy (non-hydrogen) atoms. The monoisotopic (exact) mass is 346 g/mol. The van der Waals surface area contributed by atoms with Gasteiger partial charge in [-0.25, -0.2) is 4.79 Å². The van der Waals surface area contributed by atoms with E-state index in [1.165, 1.54) is 16.7 Å². The molecule has 1 amide bonds. The molecular weight excluding hydrogens is 328 g/mol. The summed E-state index contributed by atoms with van der Waals surface area (Å²) in [5.74, 6) is 0.516. The summed E-state index contributed by atoms with van der Waals surface area (Å²) < 4.78 is 10.5. The van der Waals surface area contributed by atoms with Crippen molar-refractivity contribution in [1.29, 1.82) is 0 Å². The van der Waals surface area contributed by atoms with Crippen molar-refractivity contribution in [3.63, 3.8) is 0 Å². The predicted molar refractivity (Wildman–Crippen MR) is 91.1 cm³/mol. The second-order valence-electron chi connectivity index (χ2n) is 5.44. The van der Waals surface area contributed by atoms with Gasteiger partial charge in [0.1, 0.15) is 29.5 Å². The minimum atomic E-state index is -0.564. The molecule has 1 saturated heterocycles. The number of ether oxygens (including phenoxy) is 2. The summed E-state index contributed by atoms with van der Waals surface area (Å²) in [7, 11) is 1.59. The molecule has 0 radical (unpaired) electrons. The van der Waals surface area contributed by atoms with Gasteiger partial charge in [-0.15, -0.1) is 11.8 Å². The van der Waals surface area contributed by atoms with Crippen LogP contribution in [0.1, 0.15) is 5.56 Å². The van der Waals surface area contributed by atoms with Crippen molar-refractivity contribution in [2.45, 2.75) is 18.0 Å². The van der Waals surface area contributed by atoms with Gasteiger partial charge in [-0.05, 0) is 23.3 Å². The molecule has 2 N–H and O–H groups in total. The number of esters is 1. The van der Waals surface area contributed by atoms with E-state index < -0.39 is 12.0 Å². The van der Waals surface area contributed by atoms with Crippen LogP contribution < -0.4 is 10.5 Å². The predicted octanol–water partition coefficient (Wildman–Crippen LogP) is 1.42. The van der Waals surface area contributed by atoms with E-state index in [2.05, 4.69) is 6.58 Å². The molecule has 1 fully saturated rings. The van der Waals surface area contributed by atoms with Gasteiger partial charge in [-0.2, -0.15) is 0 Å². The molecule has 6 nitrogen and oxygen atoms in total. The summed E-state index contributed by atoms with van der Waals surface area (Å²) in [5, 5.41) is -0.204. The van der Waals surface area contributed by atoms with Gasteiger partial charge >= 0.3 is 5.97 Å². The van der Waals surface area contributed by atoms with E-state index in [9.17, 15) is 9.59 Å². The van der Waals surface area contributed by atoms with E-state index >= 15 is 0 Å². The van der Waals surface area contributed by atoms with Gasteiger partial charge in [0.05, 0.1) is 7.11 Å². The third-order valence-electron chi connectivity index (χ3n) is 4.01. The topological polar surface area (TPSA) is 81.9 Å². The van der Waals surface area contributed by atoms with E-state index in [1.54, 1.807) is 25.3 Å². The van der Waals surface area contributed by atoms with Crippen molar-refractivity contribution < 1.29 is 19.1 Å². The molecular formula is C17H18N2O4S. The van der Waals surface area contributed by atoms with Crippen LogP contribution in [0.25, 0.3) is 0 Å². The summed E-state index contributed by atoms with van der Waals surface area (Å²) in [5.41, 5.74) is 7.57. The highest BCUT2D eigenvalue weighted by Gasteiger charge is 2.51. The fraction of sp³-hybridized carbons (Fsp3) is 0.294. The molecule has 126 valence electrons. The molecule has 2 heterocycles. The molecule has 0 spiro atoms. The summed E-state index contributed by atoms with van der Waals surface area (Å²) in [4.78, 5) is 25.9. The zero-order chi connectivity index (χ0) is 17.3. The van der Waals surface area contributed by atoms with E-state index in [-0.39, 0.29) is 23.6 Å². The average Bonchev–Trinajstić information content (AvgIpc) is 2.64. The summed E-state index contributed by atoms with van der Waals surface area (Å²) in [6.07, 6.45) is 1.59. The summed E-state index contributed by atoms with van der Waals surface area (Å²) >= 11 is 1.53. The van der Waals surface area contributed by atoms with Crippen molar-refractivity contribution in [3.8, 4) is 5.75 Å². The molecule has 1 aromatic carbocycles. The molecule has 3 rings (SSSR count). The minimum Gasteiger partial charge on any atom is -0.497 e. The first-order chi connectivity index (χ1) is 11.6. The first-order valence-corrected chi connectivity index (χ1v) is 8.47. The number of nitrogens with zero attached hydrogens (tertiary/aromatic N) is 1. The first-order valence-electron chi connectivity index (χ1n) is 7.42. The number of thioether (sulfide) groups is 1. The molecule has 0 aromatic heterocycles. The van der Waals surface area contributed by atoms with E-state index in [4.69, 9.17) is 15.2 Å². The van der Waals surface area contributed by atoms with Crippen molar-refractivity contribution >= 4 is 23.6 Å². The Balaban J connectivity index is 1.73. The van der Waals surface area contributed by atoms with Gasteiger partial charge in [-0.1, -0.05) is 24.8 Å². The minimum absolute atomic E-state index is 0.114. The molecule has 0 saturated carbocycles. The van der Waals surface area contributed by atoms with Crippen LogP contribution in [0, 0.1) is 0 Å². The lowest BCUT2D eigenvalue weighted by Crippen LogP contribution is -2.68. The van der Waals surface area contributed by atoms with Gasteiger partial charge in [0.15, 0.2) is 0 Å². The molecule has 2 unspecified atom stereocenters. The number of hydrogen-bond donors (Lipinski definition) is 1. The zero-order valence-corrected chi connectivity index (χ0v) is 14.0. The molecule has 0 aliphatic carbocycles. The maximum atomic E-state index is 12.5. The average molecular weight is 346 g/mol. The first kappa shape index (κ1) is 16.6. The van der Waals surface area contributed by atoms with E-state index in [0.717, 1.165) is 11.3 Å². The number of β-lactam (4-membered cyclic amide) rings is 1. The number of carbonyl (C=O) groups is 2. The third kappa shape index (κ3) is 2.81. The Kier molecular flexibility index (Phi) is 4.64. The normalized spacial score (nSPS) is 22.6. The SMILES string of the molecule is C=CC1=C(C(=O)OCc2ccc(OC)cc2)N2C(=O)C(N)C2SC1. The van der Waals surface area contributed by atoms with Gasteiger partial charge < -0.3 is 15.2 Å². The van der Waals surface area contributed by atoms with Crippen LogP contribution in [0.3, 0.4) is 0 Å². The number of allylic oxidation sites excluding steroid dienone is 1. The van der Waals surface area contributed by atoms with Crippen LogP contribution in [0.4, 0.5) is 0 Å². The lowest BCUT2D eigenvalue weighted by Gasteiger charge is -2.48. The maximum Gasteiger partial charge on any atom is 0.355 e. The molecule has 0 bridgehead atoms. The maximum absolute atomic E-state index is 12.5. The number of amides is 1. The molecule has 1 aromatic rings. The molecule has 2 aliphatic rings. The Labute approximate surface area is 144 Å². The number of methoxy groups -OCH3 is 1. The van der Waals surface area contributed by atoms with Gasteiger partial charge in [0.25, 0.3) is 0 Å². The Bertz CT molecular complexity index is 714. The van der Waals surface area contributed by atoms with E-state index in [1.807, 2.05) is 12.1 Å². The lowest BCUT2D eigenvalue weighted by molar-refractivity contribution is -0.151. The highest BCUT2D eigenvalue weighted by atomic mass is 32.2. The van der Waals surface area contributed by atoms with Gasteiger partial charge in [0, 0.05) is 5.75 Å². The Hall–Kier alpha value is -2.25. The van der Waals surface area contributed by atoms with Crippen molar-refractivity contribution in [2.75, 3.05) is 12.9 Å². The summed E-state index contributed by atoms with van der Waals surface area (Å²) in [6, 6.07) is 6.66. The zero-order valence-electron chi connectivity index (χ0n) is 13.2. The number of hydrogen-bond acceptors (Lipinski definition) is 6. The highest BCUT2D eigenvalue weighted by Crippen LogP contribution is 2.40. The third-order valence-corrected chi connectivity index (χ3v) is 5.33. The largest absolute Gasteiger partial charge is 0.497 e. The van der Waals surface area contributed by atoms with Crippen molar-refractivity contribution in [3.05, 3.63) is 53.8 Å². The van der Waals surface area contributed by atoms with Crippen LogP contribution in [-0.4, -0.2) is 41.1 Å². The van der Waals surface area contributed by atoms with Crippen LogP contribution >= 0.6 is 11.8 Å². The Morgan fingerprint density at radius 1 is 1.46 bits per heavy atom. The van der Waals surface area contributed by atoms with Crippen LogP contribution in [0.15, 0.2) is 48.2 Å². The molecule has 7 heteroatoms. The van der Waals surface area contributed by atoms with Crippen molar-refractivity contribution in [1.82, 2.24) is 4.90 Å². The van der Waals surface area contributed by atoms with Crippen LogP contribution in [-0.2, 0) is 20.9 Å². The van der Waals surface area contributed by atoms with E-state index in [0.29, 0.717) is 11.3 Å². The van der Waals surface area contributed by atoms with Gasteiger partial charge in [0.2, 0.25) is 5.91 Å². The quantitative estimate of drug-likeness (QED) is 0.641. The second kappa shape index (κ2) is 6.70. The number of benzene rings is 1. The number of fused-ring (bicyclic) bond motifs is 1. The summed E-state index contributed by atoms with van der Waals surface area (Å²) in [6.45, 7) is 3.83. The smallest absolute Gasteiger partial charge is 0.355 e. The van der Waals surface area contributed by atoms with Crippen LogP contribution in [0.2, 0.25) is 0 Å². The van der Waals surface area contributed by atoms with Crippen molar-refractivity contribution in [2.24, 2.45) is 5.73 Å².